The quantitative estimate of drug-likeness (QED) is 0.369. The maximum atomic E-state index is 10.6. The first-order valence-corrected chi connectivity index (χ1v) is 5.48. The molecule has 1 rings (SSSR count). The van der Waals surface area contributed by atoms with Crippen molar-refractivity contribution in [3.05, 3.63) is 48.1 Å². The van der Waals surface area contributed by atoms with E-state index in [1.54, 1.807) is 35.8 Å². The maximum absolute atomic E-state index is 10.6. The first kappa shape index (κ1) is 12.0. The third kappa shape index (κ3) is 4.78. The van der Waals surface area contributed by atoms with E-state index in [9.17, 15) is 4.79 Å². The average Bonchev–Trinajstić information content (AvgIpc) is 2.24. The Morgan fingerprint density at radius 1 is 1.40 bits per heavy atom. The maximum Gasteiger partial charge on any atom is 0.215 e. The standard InChI is InChI=1S/C12H11IO2/c1-15-11-7-4-6-10(9-11)5-2-3-8-12(13)14/h2-9H,1H3/b5-2+,8-3+. The molecule has 0 radical (unpaired) electrons. The topological polar surface area (TPSA) is 26.3 Å². The van der Waals surface area contributed by atoms with Crippen LogP contribution in [0.2, 0.25) is 0 Å². The normalized spacial score (nSPS) is 11.1. The molecule has 0 spiro atoms. The minimum absolute atomic E-state index is 0.0166. The molecule has 0 saturated carbocycles. The van der Waals surface area contributed by atoms with Crippen LogP contribution < -0.4 is 4.74 Å². The Hall–Kier alpha value is -1.10. The number of hydrogen-bond acceptors (Lipinski definition) is 2. The molecule has 0 fully saturated rings. The van der Waals surface area contributed by atoms with Crippen LogP contribution in [0.4, 0.5) is 0 Å². The predicted molar refractivity (Wildman–Crippen MR) is 70.2 cm³/mol. The van der Waals surface area contributed by atoms with Gasteiger partial charge in [0.05, 0.1) is 7.11 Å². The molecule has 15 heavy (non-hydrogen) atoms. The van der Waals surface area contributed by atoms with E-state index in [0.717, 1.165) is 11.3 Å². The summed E-state index contributed by atoms with van der Waals surface area (Å²) in [6.07, 6.45) is 6.97. The van der Waals surface area contributed by atoms with Gasteiger partial charge in [0, 0.05) is 22.6 Å². The highest BCUT2D eigenvalue weighted by atomic mass is 127. The molecule has 0 aliphatic rings. The highest BCUT2D eigenvalue weighted by Gasteiger charge is 1.90. The van der Waals surface area contributed by atoms with Crippen molar-refractivity contribution in [2.24, 2.45) is 0 Å². The number of rotatable bonds is 4. The van der Waals surface area contributed by atoms with Crippen molar-refractivity contribution in [3.63, 3.8) is 0 Å². The van der Waals surface area contributed by atoms with Gasteiger partial charge < -0.3 is 4.74 Å². The molecule has 0 atom stereocenters. The zero-order valence-electron chi connectivity index (χ0n) is 8.31. The summed E-state index contributed by atoms with van der Waals surface area (Å²) >= 11 is 1.73. The predicted octanol–water partition coefficient (Wildman–Crippen LogP) is 3.23. The van der Waals surface area contributed by atoms with Gasteiger partial charge in [-0.3, -0.25) is 4.79 Å². The minimum atomic E-state index is 0.0166. The summed E-state index contributed by atoms with van der Waals surface area (Å²) in [5.74, 6) is 0.825. The molecule has 0 unspecified atom stereocenters. The lowest BCUT2D eigenvalue weighted by Gasteiger charge is -1.99. The van der Waals surface area contributed by atoms with Gasteiger partial charge in [-0.25, -0.2) is 0 Å². The summed E-state index contributed by atoms with van der Waals surface area (Å²) in [5.41, 5.74) is 1.04. The lowest BCUT2D eigenvalue weighted by atomic mass is 10.2. The molecular weight excluding hydrogens is 303 g/mol. The molecule has 0 N–H and O–H groups in total. The smallest absolute Gasteiger partial charge is 0.215 e. The first-order chi connectivity index (χ1) is 7.22. The van der Waals surface area contributed by atoms with E-state index in [4.69, 9.17) is 4.74 Å². The molecule has 1 aromatic carbocycles. The van der Waals surface area contributed by atoms with E-state index in [1.807, 2.05) is 36.4 Å². The van der Waals surface area contributed by atoms with Crippen molar-refractivity contribution < 1.29 is 9.53 Å². The SMILES string of the molecule is COc1cccc(/C=C/C=C/C(=O)I)c1. The van der Waals surface area contributed by atoms with Crippen LogP contribution >= 0.6 is 22.6 Å². The van der Waals surface area contributed by atoms with Crippen LogP contribution in [-0.2, 0) is 4.79 Å². The zero-order chi connectivity index (χ0) is 11.1. The van der Waals surface area contributed by atoms with Crippen LogP contribution in [0, 0.1) is 0 Å². The van der Waals surface area contributed by atoms with E-state index in [0.29, 0.717) is 0 Å². The molecule has 0 aromatic heterocycles. The Kier molecular flexibility index (Phi) is 5.10. The second kappa shape index (κ2) is 6.40. The molecule has 0 amide bonds. The van der Waals surface area contributed by atoms with Gasteiger partial charge in [-0.1, -0.05) is 30.4 Å². The Bertz CT molecular complexity index is 394. The summed E-state index contributed by atoms with van der Waals surface area (Å²) < 4.78 is 5.11. The molecular formula is C12H11IO2. The highest BCUT2D eigenvalue weighted by molar-refractivity contribution is 14.1. The van der Waals surface area contributed by atoms with E-state index < -0.39 is 0 Å². The third-order valence-electron chi connectivity index (χ3n) is 1.72. The Morgan fingerprint density at radius 3 is 2.87 bits per heavy atom. The lowest BCUT2D eigenvalue weighted by Crippen LogP contribution is -1.81. The largest absolute Gasteiger partial charge is 0.497 e. The average molecular weight is 314 g/mol. The van der Waals surface area contributed by atoms with Crippen LogP contribution in [0.15, 0.2) is 42.5 Å². The lowest BCUT2D eigenvalue weighted by molar-refractivity contribution is -0.105. The monoisotopic (exact) mass is 314 g/mol. The number of carbonyl (C=O) groups is 1. The molecule has 3 heteroatoms. The minimum Gasteiger partial charge on any atom is -0.497 e. The Balaban J connectivity index is 2.67. The fourth-order valence-electron chi connectivity index (χ4n) is 1.04. The summed E-state index contributed by atoms with van der Waals surface area (Å²) in [6, 6.07) is 7.71. The molecule has 0 heterocycles. The second-order valence-corrected chi connectivity index (χ2v) is 3.86. The number of ether oxygens (including phenoxy) is 1. The van der Waals surface area contributed by atoms with E-state index in [1.165, 1.54) is 6.08 Å². The van der Waals surface area contributed by atoms with Crippen LogP contribution in [0.5, 0.6) is 5.75 Å². The Labute approximate surface area is 103 Å². The van der Waals surface area contributed by atoms with Gasteiger partial charge in [0.15, 0.2) is 0 Å². The molecule has 78 valence electrons. The number of halogens is 1. The number of benzene rings is 1. The molecule has 0 aliphatic carbocycles. The van der Waals surface area contributed by atoms with Crippen molar-refractivity contribution in [1.29, 1.82) is 0 Å². The fourth-order valence-corrected chi connectivity index (χ4v) is 1.25. The highest BCUT2D eigenvalue weighted by Crippen LogP contribution is 2.13. The van der Waals surface area contributed by atoms with Gasteiger partial charge in [0.2, 0.25) is 3.79 Å². The van der Waals surface area contributed by atoms with E-state index in [2.05, 4.69) is 0 Å². The van der Waals surface area contributed by atoms with Gasteiger partial charge in [-0.15, -0.1) is 0 Å². The number of carbonyl (C=O) groups excluding carboxylic acids is 1. The summed E-state index contributed by atoms with van der Waals surface area (Å²) in [4.78, 5) is 10.6. The zero-order valence-corrected chi connectivity index (χ0v) is 10.5. The van der Waals surface area contributed by atoms with Crippen LogP contribution in [-0.4, -0.2) is 10.9 Å². The van der Waals surface area contributed by atoms with Gasteiger partial charge in [0.25, 0.3) is 0 Å². The number of methoxy groups -OCH3 is 1. The van der Waals surface area contributed by atoms with Crippen molar-refractivity contribution in [3.8, 4) is 5.75 Å². The van der Waals surface area contributed by atoms with Crippen LogP contribution in [0.1, 0.15) is 5.56 Å². The van der Waals surface area contributed by atoms with Crippen LogP contribution in [0.25, 0.3) is 6.08 Å². The van der Waals surface area contributed by atoms with Gasteiger partial charge in [-0.05, 0) is 23.8 Å². The van der Waals surface area contributed by atoms with Gasteiger partial charge in [-0.2, -0.15) is 0 Å². The van der Waals surface area contributed by atoms with Crippen molar-refractivity contribution >= 4 is 32.5 Å². The molecule has 0 saturated heterocycles. The number of allylic oxidation sites excluding steroid dienone is 3. The molecule has 1 aromatic rings. The first-order valence-electron chi connectivity index (χ1n) is 4.40. The van der Waals surface area contributed by atoms with Crippen LogP contribution in [0.3, 0.4) is 0 Å². The second-order valence-electron chi connectivity index (χ2n) is 2.80. The molecule has 2 nitrogen and oxygen atoms in total. The third-order valence-corrected chi connectivity index (χ3v) is 2.08. The fraction of sp³-hybridized carbons (Fsp3) is 0.0833. The van der Waals surface area contributed by atoms with E-state index >= 15 is 0 Å². The van der Waals surface area contributed by atoms with Gasteiger partial charge >= 0.3 is 0 Å². The van der Waals surface area contributed by atoms with Gasteiger partial charge in [0.1, 0.15) is 5.75 Å². The van der Waals surface area contributed by atoms with Crippen molar-refractivity contribution in [2.45, 2.75) is 0 Å². The van der Waals surface area contributed by atoms with Crippen molar-refractivity contribution in [2.75, 3.05) is 7.11 Å². The summed E-state index contributed by atoms with van der Waals surface area (Å²) in [5, 5.41) is 0. The van der Waals surface area contributed by atoms with E-state index in [-0.39, 0.29) is 3.79 Å². The summed E-state index contributed by atoms with van der Waals surface area (Å²) in [7, 11) is 1.64. The van der Waals surface area contributed by atoms with Crippen molar-refractivity contribution in [1.82, 2.24) is 0 Å². The number of hydrogen-bond donors (Lipinski definition) is 0. The summed E-state index contributed by atoms with van der Waals surface area (Å²) in [6.45, 7) is 0. The Morgan fingerprint density at radius 2 is 2.20 bits per heavy atom. The molecule has 0 bridgehead atoms. The molecule has 0 aliphatic heterocycles.